The molecule has 0 aromatic carbocycles. The van der Waals surface area contributed by atoms with E-state index in [1.54, 1.807) is 14.1 Å². The van der Waals surface area contributed by atoms with Gasteiger partial charge in [-0.15, -0.1) is 0 Å². The van der Waals surface area contributed by atoms with Crippen molar-refractivity contribution in [1.82, 2.24) is 10.2 Å². The van der Waals surface area contributed by atoms with Crippen LogP contribution in [0.15, 0.2) is 30.1 Å². The van der Waals surface area contributed by atoms with Gasteiger partial charge in [0.05, 0.1) is 0 Å². The molecule has 1 fully saturated rings. The van der Waals surface area contributed by atoms with Gasteiger partial charge in [0.25, 0.3) is 0 Å². The van der Waals surface area contributed by atoms with Gasteiger partial charge in [0.2, 0.25) is 5.91 Å². The van der Waals surface area contributed by atoms with Crippen molar-refractivity contribution in [3.63, 3.8) is 0 Å². The fourth-order valence-electron chi connectivity index (χ4n) is 1.30. The van der Waals surface area contributed by atoms with E-state index < -0.39 is 0 Å². The van der Waals surface area contributed by atoms with Gasteiger partial charge < -0.3 is 10.1 Å². The highest BCUT2D eigenvalue weighted by Crippen LogP contribution is 2.10. The molecule has 82 valence electrons. The molecular formula is C10H15N3O2. The first-order valence-corrected chi connectivity index (χ1v) is 4.57. The zero-order valence-electron chi connectivity index (χ0n) is 8.99. The molecule has 5 heteroatoms. The van der Waals surface area contributed by atoms with Crippen LogP contribution < -0.4 is 5.32 Å². The van der Waals surface area contributed by atoms with Crippen molar-refractivity contribution in [2.45, 2.75) is 6.04 Å². The molecule has 1 amide bonds. The Morgan fingerprint density at radius 2 is 2.40 bits per heavy atom. The second-order valence-corrected chi connectivity index (χ2v) is 3.11. The molecule has 1 rings (SSSR count). The van der Waals surface area contributed by atoms with Crippen molar-refractivity contribution in [1.29, 1.82) is 0 Å². The number of nitrogens with zero attached hydrogens (tertiary/aromatic N) is 2. The van der Waals surface area contributed by atoms with Gasteiger partial charge in [-0.3, -0.25) is 9.69 Å². The summed E-state index contributed by atoms with van der Waals surface area (Å²) in [6.45, 7) is 7.44. The summed E-state index contributed by atoms with van der Waals surface area (Å²) in [7, 11) is 3.34. The monoisotopic (exact) mass is 209 g/mol. The van der Waals surface area contributed by atoms with E-state index in [4.69, 9.17) is 4.74 Å². The number of aliphatic imine (C=N–C) groups is 1. The van der Waals surface area contributed by atoms with Gasteiger partial charge in [0, 0.05) is 13.2 Å². The number of rotatable bonds is 2. The Kier molecular flexibility index (Phi) is 3.62. The molecule has 5 nitrogen and oxygen atoms in total. The Bertz CT molecular complexity index is 323. The molecular weight excluding hydrogens is 194 g/mol. The van der Waals surface area contributed by atoms with Crippen LogP contribution in [0.5, 0.6) is 0 Å². The van der Waals surface area contributed by atoms with Gasteiger partial charge in [-0.1, -0.05) is 13.2 Å². The van der Waals surface area contributed by atoms with Gasteiger partial charge in [-0.25, -0.2) is 4.99 Å². The number of carbonyl (C=O) groups is 1. The summed E-state index contributed by atoms with van der Waals surface area (Å²) in [5.74, 6) is 0.674. The molecule has 0 aliphatic carbocycles. The van der Waals surface area contributed by atoms with Crippen molar-refractivity contribution in [2.24, 2.45) is 4.99 Å². The normalized spacial score (nSPS) is 25.1. The third kappa shape index (κ3) is 2.24. The minimum absolute atomic E-state index is 0.100. The van der Waals surface area contributed by atoms with Gasteiger partial charge in [0.1, 0.15) is 12.6 Å². The third-order valence-electron chi connectivity index (χ3n) is 2.18. The molecule has 1 saturated heterocycles. The maximum Gasteiger partial charge on any atom is 0.248 e. The maximum absolute atomic E-state index is 11.8. The van der Waals surface area contributed by atoms with E-state index in [1.165, 1.54) is 11.1 Å². The summed E-state index contributed by atoms with van der Waals surface area (Å²) < 4.78 is 5.31. The minimum Gasteiger partial charge on any atom is -0.488 e. The summed E-state index contributed by atoms with van der Waals surface area (Å²) in [6.07, 6.45) is 1.35. The average Bonchev–Trinajstić information content (AvgIpc) is 2.32. The van der Waals surface area contributed by atoms with Crippen molar-refractivity contribution in [3.8, 4) is 0 Å². The Labute approximate surface area is 89.1 Å². The highest BCUT2D eigenvalue weighted by Gasteiger charge is 2.29. The van der Waals surface area contributed by atoms with Crippen LogP contribution in [0.4, 0.5) is 0 Å². The lowest BCUT2D eigenvalue weighted by atomic mass is 10.3. The van der Waals surface area contributed by atoms with Gasteiger partial charge in [-0.05, 0) is 7.05 Å². The quantitative estimate of drug-likeness (QED) is 0.702. The van der Waals surface area contributed by atoms with Crippen LogP contribution in [-0.2, 0) is 9.53 Å². The molecule has 1 aliphatic heterocycles. The van der Waals surface area contributed by atoms with Crippen LogP contribution in [0.1, 0.15) is 0 Å². The topological polar surface area (TPSA) is 53.9 Å². The molecule has 0 bridgehead atoms. The highest BCUT2D eigenvalue weighted by atomic mass is 16.5. The number of amidine groups is 1. The van der Waals surface area contributed by atoms with E-state index in [-0.39, 0.29) is 18.6 Å². The molecule has 0 aromatic rings. The molecule has 0 spiro atoms. The minimum atomic E-state index is -0.371. The number of likely N-dealkylation sites (N-methyl/N-ethyl adjacent to an activating group) is 2. The summed E-state index contributed by atoms with van der Waals surface area (Å²) in [5.41, 5.74) is 0. The number of amides is 1. The molecule has 0 unspecified atom stereocenters. The van der Waals surface area contributed by atoms with Crippen LogP contribution >= 0.6 is 0 Å². The van der Waals surface area contributed by atoms with Crippen molar-refractivity contribution < 1.29 is 9.53 Å². The molecule has 15 heavy (non-hydrogen) atoms. The molecule has 1 heterocycles. The molecule has 0 aromatic heterocycles. The van der Waals surface area contributed by atoms with Gasteiger partial charge >= 0.3 is 0 Å². The summed E-state index contributed by atoms with van der Waals surface area (Å²) in [4.78, 5) is 17.2. The zero-order chi connectivity index (χ0) is 11.4. The lowest BCUT2D eigenvalue weighted by Gasteiger charge is -2.18. The summed E-state index contributed by atoms with van der Waals surface area (Å²) >= 11 is 0. The number of carbonyl (C=O) groups excluding carboxylic acids is 1. The third-order valence-corrected chi connectivity index (χ3v) is 2.18. The average molecular weight is 209 g/mol. The number of hydrogen-bond donors (Lipinski definition) is 1. The van der Waals surface area contributed by atoms with Gasteiger partial charge in [0.15, 0.2) is 11.6 Å². The van der Waals surface area contributed by atoms with E-state index in [9.17, 15) is 4.79 Å². The van der Waals surface area contributed by atoms with E-state index in [0.717, 1.165) is 0 Å². The van der Waals surface area contributed by atoms with Crippen LogP contribution in [0.25, 0.3) is 0 Å². The fourth-order valence-corrected chi connectivity index (χ4v) is 1.30. The highest BCUT2D eigenvalue weighted by molar-refractivity contribution is 6.08. The first-order chi connectivity index (χ1) is 7.11. The Balaban J connectivity index is 3.02. The maximum atomic E-state index is 11.8. The predicted octanol–water partition coefficient (Wildman–Crippen LogP) is 0.119. The first kappa shape index (κ1) is 11.5. The molecule has 0 saturated carbocycles. The van der Waals surface area contributed by atoms with Crippen LogP contribution in [0.2, 0.25) is 0 Å². The fraction of sp³-hybridized carbons (Fsp3) is 0.400. The summed E-state index contributed by atoms with van der Waals surface area (Å²) in [5, 5.41) is 2.87. The van der Waals surface area contributed by atoms with E-state index in [0.29, 0.717) is 11.6 Å². The van der Waals surface area contributed by atoms with Crippen LogP contribution in [-0.4, -0.2) is 43.4 Å². The van der Waals surface area contributed by atoms with E-state index >= 15 is 0 Å². The van der Waals surface area contributed by atoms with Gasteiger partial charge in [-0.2, -0.15) is 0 Å². The molecule has 1 N–H and O–H groups in total. The van der Waals surface area contributed by atoms with Crippen molar-refractivity contribution in [2.75, 3.05) is 20.7 Å². The zero-order valence-corrected chi connectivity index (χ0v) is 8.99. The Hall–Kier alpha value is -1.62. The largest absolute Gasteiger partial charge is 0.488 e. The van der Waals surface area contributed by atoms with Crippen molar-refractivity contribution >= 4 is 11.7 Å². The standard InChI is InChI=1S/C10H15N3O2/c1-5-12-9-7(2)15-6-8(11-3)10(14)13(9)4/h5,8,11H,1-2,6H2,3-4H3/t8-/m0/s1. The second-order valence-electron chi connectivity index (χ2n) is 3.11. The number of nitrogens with one attached hydrogen (secondary N) is 1. The number of ether oxygens (including phenoxy) is 1. The van der Waals surface area contributed by atoms with E-state index in [1.807, 2.05) is 0 Å². The number of hydrogen-bond acceptors (Lipinski definition) is 4. The predicted molar refractivity (Wildman–Crippen MR) is 58.3 cm³/mol. The lowest BCUT2D eigenvalue weighted by Crippen LogP contribution is -2.45. The van der Waals surface area contributed by atoms with Crippen LogP contribution in [0.3, 0.4) is 0 Å². The van der Waals surface area contributed by atoms with Crippen LogP contribution in [0, 0.1) is 0 Å². The Morgan fingerprint density at radius 3 is 2.93 bits per heavy atom. The SMILES string of the molecule is C=CN=C1C(=C)OC[C@H](NC)C(=O)N1C. The smallest absolute Gasteiger partial charge is 0.248 e. The summed E-state index contributed by atoms with van der Waals surface area (Å²) in [6, 6.07) is -0.371. The molecule has 0 radical (unpaired) electrons. The van der Waals surface area contributed by atoms with Crippen molar-refractivity contribution in [3.05, 3.63) is 25.1 Å². The lowest BCUT2D eigenvalue weighted by molar-refractivity contribution is -0.128. The molecule has 1 atom stereocenters. The van der Waals surface area contributed by atoms with E-state index in [2.05, 4.69) is 23.5 Å². The first-order valence-electron chi connectivity index (χ1n) is 4.57. The second kappa shape index (κ2) is 4.75. The molecule has 1 aliphatic rings. The Morgan fingerprint density at radius 1 is 1.73 bits per heavy atom.